The number of ether oxygens (including phenoxy) is 4. The molecule has 2 amide bonds. The highest BCUT2D eigenvalue weighted by atomic mass is 16.6. The van der Waals surface area contributed by atoms with Crippen molar-refractivity contribution in [3.05, 3.63) is 35.9 Å². The summed E-state index contributed by atoms with van der Waals surface area (Å²) in [5, 5.41) is 0. The number of imide groups is 1. The highest BCUT2D eigenvalue weighted by Crippen LogP contribution is 2.22. The van der Waals surface area contributed by atoms with Crippen molar-refractivity contribution < 1.29 is 33.3 Å². The summed E-state index contributed by atoms with van der Waals surface area (Å²) >= 11 is 0. The smallest absolute Gasteiger partial charge is 0.420 e. The van der Waals surface area contributed by atoms with Crippen molar-refractivity contribution in [2.24, 2.45) is 5.92 Å². The molecule has 1 aliphatic rings. The molecule has 2 unspecified atom stereocenters. The van der Waals surface area contributed by atoms with E-state index >= 15 is 0 Å². The van der Waals surface area contributed by atoms with E-state index in [-0.39, 0.29) is 12.5 Å². The Morgan fingerprint density at radius 3 is 2.03 bits per heavy atom. The topological polar surface area (TPSA) is 91.4 Å². The lowest BCUT2D eigenvalue weighted by Crippen LogP contribution is -2.54. The lowest BCUT2D eigenvalue weighted by atomic mass is 9.95. The van der Waals surface area contributed by atoms with Gasteiger partial charge in [-0.25, -0.2) is 14.4 Å². The third-order valence-corrected chi connectivity index (χ3v) is 4.74. The lowest BCUT2D eigenvalue weighted by molar-refractivity contribution is -0.155. The van der Waals surface area contributed by atoms with Gasteiger partial charge in [-0.1, -0.05) is 30.3 Å². The van der Waals surface area contributed by atoms with Crippen LogP contribution in [0.1, 0.15) is 60.5 Å². The largest absolute Gasteiger partial charge is 0.461 e. The van der Waals surface area contributed by atoms with Gasteiger partial charge in [0, 0.05) is 6.61 Å². The van der Waals surface area contributed by atoms with Gasteiger partial charge >= 0.3 is 18.2 Å². The molecular weight excluding hydrogens is 426 g/mol. The average Bonchev–Trinajstić information content (AvgIpc) is 2.70. The van der Waals surface area contributed by atoms with Gasteiger partial charge in [0.15, 0.2) is 6.04 Å². The molecule has 1 heterocycles. The molecule has 8 heteroatoms. The van der Waals surface area contributed by atoms with Gasteiger partial charge in [-0.3, -0.25) is 0 Å². The fourth-order valence-corrected chi connectivity index (χ4v) is 3.50. The van der Waals surface area contributed by atoms with Crippen LogP contribution < -0.4 is 0 Å². The van der Waals surface area contributed by atoms with Crippen LogP contribution in [0.3, 0.4) is 0 Å². The van der Waals surface area contributed by atoms with E-state index < -0.39 is 41.5 Å². The maximum absolute atomic E-state index is 13.0. The molecule has 0 spiro atoms. The predicted molar refractivity (Wildman–Crippen MR) is 123 cm³/mol. The van der Waals surface area contributed by atoms with Crippen molar-refractivity contribution in [2.75, 3.05) is 13.2 Å². The summed E-state index contributed by atoms with van der Waals surface area (Å²) in [6.07, 6.45) is -1.05. The standard InChI is InChI=1S/C25H37NO7/c1-17-13-19(14-18-11-9-8-10-12-18)15-30-16-20(21(27)31-17)26(22(28)32-24(2,3)4)23(29)33-25(5,6)7/h8-12,17,19-20H,13-16H2,1-7H3/t17?,19?,20-/m0/s1. The maximum Gasteiger partial charge on any atom is 0.420 e. The first-order valence-electron chi connectivity index (χ1n) is 11.3. The summed E-state index contributed by atoms with van der Waals surface area (Å²) in [5.41, 5.74) is -0.604. The van der Waals surface area contributed by atoms with Crippen molar-refractivity contribution in [3.63, 3.8) is 0 Å². The zero-order valence-corrected chi connectivity index (χ0v) is 20.8. The number of benzene rings is 1. The third-order valence-electron chi connectivity index (χ3n) is 4.74. The highest BCUT2D eigenvalue weighted by Gasteiger charge is 2.42. The summed E-state index contributed by atoms with van der Waals surface area (Å²) in [6, 6.07) is 8.67. The normalized spacial score (nSPS) is 22.3. The van der Waals surface area contributed by atoms with E-state index in [1.807, 2.05) is 30.3 Å². The number of cyclic esters (lactones) is 1. The molecule has 0 radical (unpaired) electrons. The highest BCUT2D eigenvalue weighted by molar-refractivity contribution is 5.94. The number of carbonyl (C=O) groups is 3. The van der Waals surface area contributed by atoms with E-state index in [9.17, 15) is 14.4 Å². The summed E-state index contributed by atoms with van der Waals surface area (Å²) < 4.78 is 22.3. The van der Waals surface area contributed by atoms with Crippen molar-refractivity contribution >= 4 is 18.2 Å². The molecule has 3 atom stereocenters. The first-order chi connectivity index (χ1) is 15.2. The molecule has 0 aromatic heterocycles. The number of nitrogens with zero attached hydrogens (tertiary/aromatic N) is 1. The summed E-state index contributed by atoms with van der Waals surface area (Å²) in [7, 11) is 0. The Balaban J connectivity index is 2.25. The number of hydrogen-bond acceptors (Lipinski definition) is 7. The zero-order chi connectivity index (χ0) is 24.8. The van der Waals surface area contributed by atoms with Gasteiger partial charge in [0.25, 0.3) is 0 Å². The van der Waals surface area contributed by atoms with Crippen molar-refractivity contribution in [3.8, 4) is 0 Å². The van der Waals surface area contributed by atoms with Gasteiger partial charge in [0.2, 0.25) is 0 Å². The summed E-state index contributed by atoms with van der Waals surface area (Å²) in [5.74, 6) is -0.634. The van der Waals surface area contributed by atoms with Crippen molar-refractivity contribution in [1.29, 1.82) is 0 Å². The van der Waals surface area contributed by atoms with Crippen LogP contribution in [0.15, 0.2) is 30.3 Å². The predicted octanol–water partition coefficient (Wildman–Crippen LogP) is 4.74. The van der Waals surface area contributed by atoms with Crippen molar-refractivity contribution in [2.45, 2.75) is 84.7 Å². The minimum atomic E-state index is -1.33. The number of esters is 1. The molecule has 1 aromatic carbocycles. The molecule has 0 saturated carbocycles. The quantitative estimate of drug-likeness (QED) is 0.472. The van der Waals surface area contributed by atoms with Gasteiger partial charge in [0.1, 0.15) is 11.2 Å². The van der Waals surface area contributed by atoms with Crippen LogP contribution in [-0.2, 0) is 30.2 Å². The second-order valence-electron chi connectivity index (χ2n) is 10.4. The summed E-state index contributed by atoms with van der Waals surface area (Å²) in [4.78, 5) is 39.6. The van der Waals surface area contributed by atoms with Gasteiger partial charge in [-0.15, -0.1) is 0 Å². The van der Waals surface area contributed by atoms with Crippen molar-refractivity contribution in [1.82, 2.24) is 4.90 Å². The van der Waals surface area contributed by atoms with Crippen LogP contribution in [0.2, 0.25) is 0 Å². The Morgan fingerprint density at radius 1 is 0.970 bits per heavy atom. The molecule has 0 N–H and O–H groups in total. The van der Waals surface area contributed by atoms with Crippen LogP contribution in [0.5, 0.6) is 0 Å². The van der Waals surface area contributed by atoms with E-state index in [1.165, 1.54) is 0 Å². The molecule has 1 aliphatic heterocycles. The Hall–Kier alpha value is -2.61. The molecule has 1 fully saturated rings. The molecule has 0 bridgehead atoms. The molecule has 33 heavy (non-hydrogen) atoms. The molecule has 0 aliphatic carbocycles. The van der Waals surface area contributed by atoms with Gasteiger partial charge < -0.3 is 18.9 Å². The number of hydrogen-bond donors (Lipinski definition) is 0. The van der Waals surface area contributed by atoms with E-state index in [1.54, 1.807) is 48.5 Å². The fraction of sp³-hybridized carbons (Fsp3) is 0.640. The SMILES string of the molecule is CC1CC(Cc2ccccc2)COC[C@H](N(C(=O)OC(C)(C)C)C(=O)OC(C)(C)C)C(=O)O1. The maximum atomic E-state index is 13.0. The Bertz CT molecular complexity index is 782. The Morgan fingerprint density at radius 2 is 1.52 bits per heavy atom. The molecule has 2 rings (SSSR count). The van der Waals surface area contributed by atoms with Gasteiger partial charge in [0.05, 0.1) is 12.7 Å². The number of rotatable bonds is 3. The third kappa shape index (κ3) is 9.04. The van der Waals surface area contributed by atoms with Crippen LogP contribution >= 0.6 is 0 Å². The van der Waals surface area contributed by atoms with Crippen LogP contribution in [0, 0.1) is 5.92 Å². The Labute approximate surface area is 196 Å². The van der Waals surface area contributed by atoms with Gasteiger partial charge in [-0.2, -0.15) is 4.90 Å². The molecule has 184 valence electrons. The molecule has 8 nitrogen and oxygen atoms in total. The average molecular weight is 464 g/mol. The van der Waals surface area contributed by atoms with Crippen LogP contribution in [-0.4, -0.2) is 59.6 Å². The minimum Gasteiger partial charge on any atom is -0.461 e. The van der Waals surface area contributed by atoms with Gasteiger partial charge in [-0.05, 0) is 72.8 Å². The lowest BCUT2D eigenvalue weighted by Gasteiger charge is -2.32. The number of amides is 2. The second-order valence-corrected chi connectivity index (χ2v) is 10.4. The second kappa shape index (κ2) is 11.0. The monoisotopic (exact) mass is 463 g/mol. The first-order valence-corrected chi connectivity index (χ1v) is 11.3. The first kappa shape index (κ1) is 26.6. The molecule has 1 aromatic rings. The van der Waals surface area contributed by atoms with E-state index in [0.717, 1.165) is 12.0 Å². The number of carbonyl (C=O) groups excluding carboxylic acids is 3. The van der Waals surface area contributed by atoms with Crippen LogP contribution in [0.25, 0.3) is 0 Å². The zero-order valence-electron chi connectivity index (χ0n) is 20.8. The Kier molecular flexibility index (Phi) is 8.89. The minimum absolute atomic E-state index is 0.102. The van der Waals surface area contributed by atoms with E-state index in [2.05, 4.69) is 0 Å². The van der Waals surface area contributed by atoms with E-state index in [4.69, 9.17) is 18.9 Å². The summed E-state index contributed by atoms with van der Waals surface area (Å²) in [6.45, 7) is 12.0. The van der Waals surface area contributed by atoms with Crippen LogP contribution in [0.4, 0.5) is 9.59 Å². The molecular formula is C25H37NO7. The molecule has 1 saturated heterocycles. The van der Waals surface area contributed by atoms with E-state index in [0.29, 0.717) is 17.9 Å². The fourth-order valence-electron chi connectivity index (χ4n) is 3.50.